The van der Waals surface area contributed by atoms with Crippen molar-refractivity contribution in [2.24, 2.45) is 0 Å². The maximum Gasteiger partial charge on any atom is 0.169 e. The lowest BCUT2D eigenvalue weighted by atomic mass is 9.64. The van der Waals surface area contributed by atoms with Crippen molar-refractivity contribution < 1.29 is 39.9 Å². The second-order valence-electron chi connectivity index (χ2n) is 9.62. The van der Waals surface area contributed by atoms with E-state index >= 15 is 0 Å². The molecule has 0 aromatic heterocycles. The van der Waals surface area contributed by atoms with Gasteiger partial charge in [-0.05, 0) is 43.4 Å². The lowest BCUT2D eigenvalue weighted by Crippen LogP contribution is -2.48. The molecule has 6 atom stereocenters. The third-order valence-corrected chi connectivity index (χ3v) is 7.22. The monoisotopic (exact) mass is 454 g/mol. The van der Waals surface area contributed by atoms with Crippen LogP contribution in [0.1, 0.15) is 66.6 Å². The van der Waals surface area contributed by atoms with E-state index in [-0.39, 0.29) is 47.3 Å². The number of rotatable bonds is 1. The minimum absolute atomic E-state index is 0.0388. The van der Waals surface area contributed by atoms with Gasteiger partial charge in [0, 0.05) is 18.4 Å². The van der Waals surface area contributed by atoms with E-state index < -0.39 is 47.5 Å². The van der Waals surface area contributed by atoms with Crippen LogP contribution >= 0.6 is 0 Å². The van der Waals surface area contributed by atoms with Gasteiger partial charge >= 0.3 is 0 Å². The topological polar surface area (TPSA) is 145 Å². The molecule has 1 aliphatic heterocycles. The summed E-state index contributed by atoms with van der Waals surface area (Å²) in [4.78, 5) is 25.9. The van der Waals surface area contributed by atoms with Crippen LogP contribution in [-0.2, 0) is 9.53 Å². The predicted molar refractivity (Wildman–Crippen MR) is 117 cm³/mol. The summed E-state index contributed by atoms with van der Waals surface area (Å²) in [6.07, 6.45) is -2.11. The van der Waals surface area contributed by atoms with E-state index in [2.05, 4.69) is 0 Å². The molecule has 2 aromatic carbocycles. The number of ketones is 2. The molecule has 6 unspecified atom stereocenters. The van der Waals surface area contributed by atoms with E-state index in [4.69, 9.17) is 4.74 Å². The molecule has 33 heavy (non-hydrogen) atoms. The average Bonchev–Trinajstić information content (AvgIpc) is 2.70. The zero-order valence-corrected chi connectivity index (χ0v) is 18.3. The van der Waals surface area contributed by atoms with Gasteiger partial charge in [-0.25, -0.2) is 0 Å². The Morgan fingerprint density at radius 1 is 1.06 bits per heavy atom. The van der Waals surface area contributed by atoms with Gasteiger partial charge in [0.1, 0.15) is 17.6 Å². The Labute approximate surface area is 189 Å². The number of Topliss-reactive ketones (excluding diaryl/α,β-unsaturated/α-hetero) is 1. The smallest absolute Gasteiger partial charge is 0.169 e. The van der Waals surface area contributed by atoms with Gasteiger partial charge in [-0.2, -0.15) is 0 Å². The first kappa shape index (κ1) is 22.0. The van der Waals surface area contributed by atoms with Crippen LogP contribution in [0.3, 0.4) is 0 Å². The van der Waals surface area contributed by atoms with Crippen LogP contribution in [0.5, 0.6) is 11.5 Å². The highest BCUT2D eigenvalue weighted by molar-refractivity contribution is 6.13. The Bertz CT molecular complexity index is 1220. The zero-order chi connectivity index (χ0) is 23.8. The molecule has 0 amide bonds. The number of hydrogen-bond donors (Lipinski definition) is 5. The summed E-state index contributed by atoms with van der Waals surface area (Å²) >= 11 is 0. The van der Waals surface area contributed by atoms with Crippen molar-refractivity contribution in [3.8, 4) is 11.5 Å². The fraction of sp³-hybridized carbons (Fsp3) is 0.440. The minimum atomic E-state index is -1.55. The Hall–Kier alpha value is -2.78. The summed E-state index contributed by atoms with van der Waals surface area (Å²) in [6.45, 7) is 3.34. The summed E-state index contributed by atoms with van der Waals surface area (Å²) < 4.78 is 5.76. The molecule has 1 saturated heterocycles. The molecule has 174 valence electrons. The maximum atomic E-state index is 13.0. The maximum absolute atomic E-state index is 13.0. The van der Waals surface area contributed by atoms with E-state index in [1.54, 1.807) is 32.0 Å². The minimum Gasteiger partial charge on any atom is -0.507 e. The normalized spacial score (nSPS) is 34.1. The molecule has 8 nitrogen and oxygen atoms in total. The fourth-order valence-corrected chi connectivity index (χ4v) is 5.74. The Morgan fingerprint density at radius 2 is 1.79 bits per heavy atom. The van der Waals surface area contributed by atoms with E-state index in [9.17, 15) is 35.1 Å². The molecule has 0 saturated carbocycles. The van der Waals surface area contributed by atoms with E-state index in [1.165, 1.54) is 6.08 Å². The first-order valence-electron chi connectivity index (χ1n) is 11.0. The highest BCUT2D eigenvalue weighted by atomic mass is 16.5. The highest BCUT2D eigenvalue weighted by Gasteiger charge is 2.51. The van der Waals surface area contributed by atoms with Crippen LogP contribution in [0, 0.1) is 0 Å². The summed E-state index contributed by atoms with van der Waals surface area (Å²) in [5, 5.41) is 53.9. The molecule has 0 bridgehead atoms. The van der Waals surface area contributed by atoms with E-state index in [0.29, 0.717) is 16.5 Å². The quantitative estimate of drug-likeness (QED) is 0.441. The van der Waals surface area contributed by atoms with Gasteiger partial charge in [-0.3, -0.25) is 9.59 Å². The third-order valence-electron chi connectivity index (χ3n) is 7.22. The first-order valence-corrected chi connectivity index (χ1v) is 11.0. The van der Waals surface area contributed by atoms with Gasteiger partial charge in [0.05, 0.1) is 40.8 Å². The molecule has 8 heteroatoms. The number of hydrogen-bond acceptors (Lipinski definition) is 8. The van der Waals surface area contributed by atoms with Crippen LogP contribution in [0.2, 0.25) is 0 Å². The second kappa shape index (κ2) is 7.36. The molecule has 2 aromatic rings. The molecule has 1 heterocycles. The Balaban J connectivity index is 1.67. The largest absolute Gasteiger partial charge is 0.507 e. The summed E-state index contributed by atoms with van der Waals surface area (Å²) in [7, 11) is 0. The molecule has 0 radical (unpaired) electrons. The number of benzene rings is 2. The van der Waals surface area contributed by atoms with Crippen molar-refractivity contribution >= 4 is 22.3 Å². The third kappa shape index (κ3) is 3.20. The summed E-state index contributed by atoms with van der Waals surface area (Å²) in [5.74, 6) is -2.56. The molecule has 5 N–H and O–H groups in total. The van der Waals surface area contributed by atoms with Gasteiger partial charge < -0.3 is 30.3 Å². The standard InChI is InChI=1S/C25H26O8/c1-10-5-15(26)21-14-6-12-3-4-13(18-7-16(27)22(29)11(2)33-18)23(30)19(12)24(31)20(14)17(28)9-25(21,32)8-10/h3-6,11,16,18,21-22,27,29-32H,7-9H2,1-2H3. The lowest BCUT2D eigenvalue weighted by molar-refractivity contribution is -0.163. The second-order valence-corrected chi connectivity index (χ2v) is 9.62. The summed E-state index contributed by atoms with van der Waals surface area (Å²) in [5.41, 5.74) is -0.371. The van der Waals surface area contributed by atoms with Crippen LogP contribution in [-0.4, -0.2) is 61.0 Å². The number of fused-ring (bicyclic) bond motifs is 4. The van der Waals surface area contributed by atoms with Gasteiger partial charge in [0.15, 0.2) is 11.6 Å². The zero-order valence-electron chi connectivity index (χ0n) is 18.3. The van der Waals surface area contributed by atoms with Crippen molar-refractivity contribution in [1.82, 2.24) is 0 Å². The number of aromatic hydroxyl groups is 2. The first-order chi connectivity index (χ1) is 15.5. The highest BCUT2D eigenvalue weighted by Crippen LogP contribution is 2.52. The van der Waals surface area contributed by atoms with Crippen LogP contribution in [0.4, 0.5) is 0 Å². The van der Waals surface area contributed by atoms with Crippen molar-refractivity contribution in [2.75, 3.05) is 0 Å². The Morgan fingerprint density at radius 3 is 2.48 bits per heavy atom. The SMILES string of the molecule is CC1=CC(=O)C2c3cc4ccc(C5CC(O)C(O)C(C)O5)c(O)c4c(O)c3C(=O)CC2(O)C1. The van der Waals surface area contributed by atoms with E-state index in [0.717, 1.165) is 0 Å². The van der Waals surface area contributed by atoms with Crippen molar-refractivity contribution in [1.29, 1.82) is 0 Å². The van der Waals surface area contributed by atoms with Gasteiger partial charge in [0.25, 0.3) is 0 Å². The number of ether oxygens (including phenoxy) is 1. The predicted octanol–water partition coefficient (Wildman–Crippen LogP) is 2.14. The summed E-state index contributed by atoms with van der Waals surface area (Å²) in [6, 6.07) is 4.78. The number of carbonyl (C=O) groups is 2. The number of allylic oxidation sites excluding steroid dienone is 1. The number of phenols is 2. The lowest BCUT2D eigenvalue weighted by Gasteiger charge is -2.42. The molecule has 0 spiro atoms. The molecule has 3 aliphatic rings. The van der Waals surface area contributed by atoms with Crippen LogP contribution in [0.25, 0.3) is 10.8 Å². The van der Waals surface area contributed by atoms with Crippen molar-refractivity contribution in [3.63, 3.8) is 0 Å². The van der Waals surface area contributed by atoms with Gasteiger partial charge in [0.2, 0.25) is 0 Å². The Kier molecular flexibility index (Phi) is 4.92. The molecular formula is C25H26O8. The average molecular weight is 454 g/mol. The van der Waals surface area contributed by atoms with Crippen molar-refractivity contribution in [3.05, 3.63) is 46.5 Å². The van der Waals surface area contributed by atoms with Gasteiger partial charge in [-0.15, -0.1) is 0 Å². The molecule has 1 fully saturated rings. The fourth-order valence-electron chi connectivity index (χ4n) is 5.74. The number of phenolic OH excluding ortho intramolecular Hbond substituents is 2. The van der Waals surface area contributed by atoms with Gasteiger partial charge in [-0.1, -0.05) is 17.7 Å². The molecule has 2 aliphatic carbocycles. The number of aliphatic hydroxyl groups excluding tert-OH is 2. The molecule has 5 rings (SSSR count). The number of aliphatic hydroxyl groups is 3. The number of carbonyl (C=O) groups excluding carboxylic acids is 2. The van der Waals surface area contributed by atoms with Crippen molar-refractivity contribution in [2.45, 2.75) is 69.0 Å². The van der Waals surface area contributed by atoms with Crippen LogP contribution in [0.15, 0.2) is 29.8 Å². The van der Waals surface area contributed by atoms with Crippen LogP contribution < -0.4 is 0 Å². The molecular weight excluding hydrogens is 428 g/mol. The van der Waals surface area contributed by atoms with E-state index in [1.807, 2.05) is 0 Å².